The van der Waals surface area contributed by atoms with Crippen molar-refractivity contribution in [2.24, 2.45) is 4.99 Å². The molecule has 3 rings (SSSR count). The molecule has 0 aliphatic carbocycles. The predicted octanol–water partition coefficient (Wildman–Crippen LogP) is 4.11. The van der Waals surface area contributed by atoms with Crippen molar-refractivity contribution in [2.75, 3.05) is 12.8 Å². The van der Waals surface area contributed by atoms with E-state index in [1.807, 2.05) is 30.5 Å². The molecule has 0 saturated heterocycles. The summed E-state index contributed by atoms with van der Waals surface area (Å²) in [6.45, 7) is 0.138. The summed E-state index contributed by atoms with van der Waals surface area (Å²) >= 11 is 1.67. The molecule has 4 heteroatoms. The smallest absolute Gasteiger partial charge is 0.185 e. The fourth-order valence-corrected chi connectivity index (χ4v) is 2.84. The lowest BCUT2D eigenvalue weighted by Crippen LogP contribution is -2.13. The average molecular weight is 311 g/mol. The molecule has 0 atom stereocenters. The number of ketones is 1. The standard InChI is InChI=1S/C18H14FNOS/c1-22-15-8-4-12(5-9-15)16-10-20-11-17(21)18(16)13-2-6-14(19)7-3-13/h2-10H,11H2,1H3. The Hall–Kier alpha value is -2.20. The number of benzene rings is 2. The lowest BCUT2D eigenvalue weighted by molar-refractivity contribution is -0.112. The van der Waals surface area contributed by atoms with Crippen LogP contribution in [0.25, 0.3) is 11.1 Å². The van der Waals surface area contributed by atoms with Crippen molar-refractivity contribution in [3.05, 3.63) is 65.5 Å². The van der Waals surface area contributed by atoms with E-state index in [9.17, 15) is 9.18 Å². The number of rotatable bonds is 3. The molecule has 0 saturated carbocycles. The minimum Gasteiger partial charge on any atom is -0.292 e. The van der Waals surface area contributed by atoms with E-state index in [0.29, 0.717) is 5.57 Å². The van der Waals surface area contributed by atoms with Gasteiger partial charge in [0.2, 0.25) is 0 Å². The van der Waals surface area contributed by atoms with Gasteiger partial charge in [-0.3, -0.25) is 9.79 Å². The summed E-state index contributed by atoms with van der Waals surface area (Å²) in [6.07, 6.45) is 3.75. The van der Waals surface area contributed by atoms with Crippen LogP contribution in [-0.4, -0.2) is 24.8 Å². The molecule has 1 aliphatic rings. The van der Waals surface area contributed by atoms with Crippen molar-refractivity contribution in [2.45, 2.75) is 4.90 Å². The first-order valence-corrected chi connectivity index (χ1v) is 8.09. The van der Waals surface area contributed by atoms with Crippen molar-refractivity contribution < 1.29 is 9.18 Å². The molecule has 0 aromatic heterocycles. The summed E-state index contributed by atoms with van der Waals surface area (Å²) in [6, 6.07) is 14.0. The normalized spacial score (nSPS) is 14.5. The van der Waals surface area contributed by atoms with Gasteiger partial charge in [-0.05, 0) is 41.6 Å². The third-order valence-corrected chi connectivity index (χ3v) is 4.28. The molecule has 2 aromatic carbocycles. The van der Waals surface area contributed by atoms with Crippen LogP contribution in [0, 0.1) is 5.82 Å². The Morgan fingerprint density at radius 1 is 1.00 bits per heavy atom. The second-order valence-electron chi connectivity index (χ2n) is 4.92. The van der Waals surface area contributed by atoms with Crippen molar-refractivity contribution in [3.8, 4) is 0 Å². The molecule has 0 spiro atoms. The third kappa shape index (κ3) is 2.88. The summed E-state index contributed by atoms with van der Waals surface area (Å²) < 4.78 is 13.1. The Labute approximate surface area is 132 Å². The van der Waals surface area contributed by atoms with Gasteiger partial charge in [-0.15, -0.1) is 11.8 Å². The summed E-state index contributed by atoms with van der Waals surface area (Å²) in [5.74, 6) is -0.356. The van der Waals surface area contributed by atoms with E-state index >= 15 is 0 Å². The lowest BCUT2D eigenvalue weighted by atomic mass is 9.91. The molecule has 1 aliphatic heterocycles. The van der Waals surface area contributed by atoms with E-state index in [1.165, 1.54) is 12.1 Å². The molecule has 1 heterocycles. The maximum atomic E-state index is 13.1. The summed E-state index contributed by atoms with van der Waals surface area (Å²) in [4.78, 5) is 17.6. The van der Waals surface area contributed by atoms with Crippen LogP contribution in [-0.2, 0) is 4.79 Å². The molecular weight excluding hydrogens is 297 g/mol. The molecule has 110 valence electrons. The fourth-order valence-electron chi connectivity index (χ4n) is 2.44. The quantitative estimate of drug-likeness (QED) is 0.798. The van der Waals surface area contributed by atoms with Gasteiger partial charge in [0.25, 0.3) is 0 Å². The topological polar surface area (TPSA) is 29.4 Å². The number of nitrogens with zero attached hydrogens (tertiary/aromatic N) is 1. The molecule has 0 fully saturated rings. The van der Waals surface area contributed by atoms with Gasteiger partial charge in [0.1, 0.15) is 12.4 Å². The van der Waals surface area contributed by atoms with Gasteiger partial charge in [-0.1, -0.05) is 24.3 Å². The number of Topliss-reactive ketones (excluding diaryl/α,β-unsaturated/α-hetero) is 1. The molecule has 2 aromatic rings. The number of thioether (sulfide) groups is 1. The molecule has 0 amide bonds. The van der Waals surface area contributed by atoms with Crippen LogP contribution < -0.4 is 0 Å². The SMILES string of the molecule is CSc1ccc(C2=C(c3ccc(F)cc3)C(=O)CN=C2)cc1. The van der Waals surface area contributed by atoms with Crippen LogP contribution in [0.1, 0.15) is 11.1 Å². The lowest BCUT2D eigenvalue weighted by Gasteiger charge is -2.15. The van der Waals surface area contributed by atoms with E-state index < -0.39 is 0 Å². The zero-order chi connectivity index (χ0) is 15.5. The second-order valence-corrected chi connectivity index (χ2v) is 5.80. The molecular formula is C18H14FNOS. The van der Waals surface area contributed by atoms with E-state index in [4.69, 9.17) is 0 Å². The zero-order valence-corrected chi connectivity index (χ0v) is 12.9. The number of dihydropyridines is 1. The zero-order valence-electron chi connectivity index (χ0n) is 12.0. The number of allylic oxidation sites excluding steroid dienone is 1. The van der Waals surface area contributed by atoms with Crippen LogP contribution in [0.3, 0.4) is 0 Å². The fraction of sp³-hybridized carbons (Fsp3) is 0.111. The highest BCUT2D eigenvalue weighted by Crippen LogP contribution is 2.29. The van der Waals surface area contributed by atoms with Crippen LogP contribution in [0.5, 0.6) is 0 Å². The molecule has 0 N–H and O–H groups in total. The maximum Gasteiger partial charge on any atom is 0.185 e. The molecule has 2 nitrogen and oxygen atoms in total. The van der Waals surface area contributed by atoms with Crippen molar-refractivity contribution in [3.63, 3.8) is 0 Å². The molecule has 0 bridgehead atoms. The number of halogens is 1. The molecule has 0 radical (unpaired) electrons. The van der Waals surface area contributed by atoms with Gasteiger partial charge >= 0.3 is 0 Å². The van der Waals surface area contributed by atoms with E-state index in [1.54, 1.807) is 30.1 Å². The number of hydrogen-bond donors (Lipinski definition) is 0. The first kappa shape index (κ1) is 14.7. The summed E-state index contributed by atoms with van der Waals surface area (Å²) in [5.41, 5.74) is 3.05. The number of carbonyl (C=O) groups is 1. The Morgan fingerprint density at radius 2 is 1.64 bits per heavy atom. The van der Waals surface area contributed by atoms with Gasteiger partial charge < -0.3 is 0 Å². The number of carbonyl (C=O) groups excluding carboxylic acids is 1. The highest BCUT2D eigenvalue weighted by Gasteiger charge is 2.20. The van der Waals surface area contributed by atoms with Crippen molar-refractivity contribution >= 4 is 34.9 Å². The average Bonchev–Trinajstić information content (AvgIpc) is 2.56. The second kappa shape index (κ2) is 6.28. The van der Waals surface area contributed by atoms with Crippen molar-refractivity contribution in [1.82, 2.24) is 0 Å². The number of aliphatic imine (C=N–C) groups is 1. The molecule has 0 unspecified atom stereocenters. The van der Waals surface area contributed by atoms with Gasteiger partial charge in [0.05, 0.1) is 0 Å². The first-order valence-electron chi connectivity index (χ1n) is 6.86. The molecule has 22 heavy (non-hydrogen) atoms. The van der Waals surface area contributed by atoms with Crippen LogP contribution in [0.4, 0.5) is 4.39 Å². The monoisotopic (exact) mass is 311 g/mol. The number of hydrogen-bond acceptors (Lipinski definition) is 3. The summed E-state index contributed by atoms with van der Waals surface area (Å²) in [7, 11) is 0. The first-order chi connectivity index (χ1) is 10.7. The predicted molar refractivity (Wildman–Crippen MR) is 89.8 cm³/mol. The third-order valence-electron chi connectivity index (χ3n) is 3.54. The largest absolute Gasteiger partial charge is 0.292 e. The minimum atomic E-state index is -0.313. The van der Waals surface area contributed by atoms with Crippen molar-refractivity contribution in [1.29, 1.82) is 0 Å². The Balaban J connectivity index is 2.13. The minimum absolute atomic E-state index is 0.0435. The van der Waals surface area contributed by atoms with Gasteiger partial charge in [0.15, 0.2) is 5.78 Å². The Kier molecular flexibility index (Phi) is 4.20. The van der Waals surface area contributed by atoms with E-state index in [-0.39, 0.29) is 18.1 Å². The van der Waals surface area contributed by atoms with Crippen LogP contribution >= 0.6 is 11.8 Å². The highest BCUT2D eigenvalue weighted by molar-refractivity contribution is 7.98. The highest BCUT2D eigenvalue weighted by atomic mass is 32.2. The van der Waals surface area contributed by atoms with Gasteiger partial charge in [-0.2, -0.15) is 0 Å². The van der Waals surface area contributed by atoms with Gasteiger partial charge in [0, 0.05) is 22.3 Å². The maximum absolute atomic E-state index is 13.1. The van der Waals surface area contributed by atoms with E-state index in [0.717, 1.165) is 21.6 Å². The van der Waals surface area contributed by atoms with Crippen LogP contribution in [0.2, 0.25) is 0 Å². The van der Waals surface area contributed by atoms with E-state index in [2.05, 4.69) is 4.99 Å². The van der Waals surface area contributed by atoms with Gasteiger partial charge in [-0.25, -0.2) is 4.39 Å². The Morgan fingerprint density at radius 3 is 2.27 bits per heavy atom. The summed E-state index contributed by atoms with van der Waals surface area (Å²) in [5, 5.41) is 0. The Bertz CT molecular complexity index is 761. The van der Waals surface area contributed by atoms with Crippen LogP contribution in [0.15, 0.2) is 58.4 Å².